The number of nitrogens with one attached hydrogen (secondary N) is 2. The van der Waals surface area contributed by atoms with Crippen molar-refractivity contribution in [2.75, 3.05) is 32.9 Å². The second kappa shape index (κ2) is 16.8. The lowest BCUT2D eigenvalue weighted by molar-refractivity contribution is -0.120. The highest BCUT2D eigenvalue weighted by molar-refractivity contribution is 7.89. The summed E-state index contributed by atoms with van der Waals surface area (Å²) in [6.07, 6.45) is 3.16. The van der Waals surface area contributed by atoms with Crippen LogP contribution in [0, 0.1) is 23.0 Å². The van der Waals surface area contributed by atoms with E-state index in [9.17, 15) is 28.2 Å². The van der Waals surface area contributed by atoms with E-state index >= 15 is 4.39 Å². The largest absolute Gasteiger partial charge is 0.396 e. The van der Waals surface area contributed by atoms with Gasteiger partial charge in [0.2, 0.25) is 10.0 Å². The first kappa shape index (κ1) is 36.6. The zero-order valence-corrected chi connectivity index (χ0v) is 28.1. The topological polar surface area (TPSA) is 153 Å². The van der Waals surface area contributed by atoms with Gasteiger partial charge >= 0.3 is 0 Å². The lowest BCUT2D eigenvalue weighted by Gasteiger charge is -2.34. The Morgan fingerprint density at radius 3 is 2.41 bits per heavy atom. The third kappa shape index (κ3) is 9.72. The molecule has 1 saturated carbocycles. The van der Waals surface area contributed by atoms with Gasteiger partial charge in [-0.15, -0.1) is 0 Å². The third-order valence-corrected chi connectivity index (χ3v) is 11.3. The van der Waals surface area contributed by atoms with Gasteiger partial charge in [-0.1, -0.05) is 47.6 Å². The van der Waals surface area contributed by atoms with Crippen LogP contribution in [0.25, 0.3) is 10.4 Å². The van der Waals surface area contributed by atoms with Crippen molar-refractivity contribution in [2.24, 2.45) is 16.4 Å². The fourth-order valence-corrected chi connectivity index (χ4v) is 7.98. The summed E-state index contributed by atoms with van der Waals surface area (Å²) in [5, 5.41) is 17.0. The number of benzene rings is 3. The zero-order valence-electron chi connectivity index (χ0n) is 27.3. The summed E-state index contributed by atoms with van der Waals surface area (Å²) in [4.78, 5) is 17.1. The van der Waals surface area contributed by atoms with Crippen molar-refractivity contribution in [2.45, 2.75) is 67.8 Å². The first-order chi connectivity index (χ1) is 23.6. The summed E-state index contributed by atoms with van der Waals surface area (Å²) in [6.45, 7) is 1.78. The number of ketones is 1. The number of hydrogen-bond donors (Lipinski definition) is 3. The predicted octanol–water partition coefficient (Wildman–Crippen LogP) is 5.61. The molecule has 262 valence electrons. The molecule has 0 radical (unpaired) electrons. The Labute approximate surface area is 285 Å². The van der Waals surface area contributed by atoms with Crippen molar-refractivity contribution < 1.29 is 31.8 Å². The Kier molecular flexibility index (Phi) is 12.5. The van der Waals surface area contributed by atoms with Gasteiger partial charge in [0.25, 0.3) is 0 Å². The molecule has 3 atom stereocenters. The first-order valence-electron chi connectivity index (χ1n) is 16.7. The molecule has 1 aliphatic carbocycles. The quantitative estimate of drug-likeness (QED) is 0.0894. The van der Waals surface area contributed by atoms with E-state index in [0.717, 1.165) is 12.8 Å². The van der Waals surface area contributed by atoms with Crippen molar-refractivity contribution >= 4 is 15.8 Å². The van der Waals surface area contributed by atoms with Gasteiger partial charge in [0.15, 0.2) is 0 Å². The van der Waals surface area contributed by atoms with Crippen LogP contribution in [0.5, 0.6) is 0 Å². The van der Waals surface area contributed by atoms with E-state index in [2.05, 4.69) is 20.1 Å². The van der Waals surface area contributed by atoms with Gasteiger partial charge < -0.3 is 15.2 Å². The van der Waals surface area contributed by atoms with Crippen LogP contribution >= 0.6 is 0 Å². The van der Waals surface area contributed by atoms with E-state index in [1.165, 1.54) is 36.4 Å². The molecule has 3 aromatic rings. The molecule has 2 aliphatic rings. The number of rotatable bonds is 18. The summed E-state index contributed by atoms with van der Waals surface area (Å²) in [7, 11) is -3.89. The van der Waals surface area contributed by atoms with E-state index < -0.39 is 45.4 Å². The fraction of sp³-hybridized carbons (Fsp3) is 0.472. The molecule has 2 fully saturated rings. The van der Waals surface area contributed by atoms with Gasteiger partial charge in [-0.2, -0.15) is 0 Å². The Bertz CT molecular complexity index is 1710. The van der Waals surface area contributed by atoms with E-state index in [1.807, 2.05) is 0 Å². The minimum atomic E-state index is -3.89. The average molecular weight is 696 g/mol. The van der Waals surface area contributed by atoms with Crippen molar-refractivity contribution in [3.63, 3.8) is 0 Å². The second-order valence-electron chi connectivity index (χ2n) is 13.2. The number of azide groups is 1. The number of sulfonamides is 1. The van der Waals surface area contributed by atoms with Gasteiger partial charge in [0.05, 0.1) is 4.90 Å². The molecule has 3 N–H and O–H groups in total. The smallest absolute Gasteiger partial charge is 0.240 e. The lowest BCUT2D eigenvalue weighted by Crippen LogP contribution is -2.44. The Morgan fingerprint density at radius 1 is 1.04 bits per heavy atom. The van der Waals surface area contributed by atoms with Crippen molar-refractivity contribution in [1.82, 2.24) is 10.0 Å². The van der Waals surface area contributed by atoms with Gasteiger partial charge in [0.1, 0.15) is 23.5 Å². The Morgan fingerprint density at radius 2 is 1.76 bits per heavy atom. The fourth-order valence-electron chi connectivity index (χ4n) is 6.69. The number of carbonyl (C=O) groups excluding carboxylic acids is 1. The van der Waals surface area contributed by atoms with Crippen LogP contribution in [0.2, 0.25) is 0 Å². The van der Waals surface area contributed by atoms with E-state index in [0.29, 0.717) is 43.7 Å². The number of nitrogens with zero attached hydrogens (tertiary/aromatic N) is 3. The molecule has 5 rings (SSSR count). The zero-order chi connectivity index (χ0) is 34.9. The van der Waals surface area contributed by atoms with Crippen LogP contribution in [0.4, 0.5) is 8.78 Å². The van der Waals surface area contributed by atoms with Crippen molar-refractivity contribution in [3.8, 4) is 0 Å². The Hall–Kier alpha value is -3.71. The summed E-state index contributed by atoms with van der Waals surface area (Å²) in [6, 6.07) is 16.5. The van der Waals surface area contributed by atoms with Crippen LogP contribution in [0.3, 0.4) is 0 Å². The minimum absolute atomic E-state index is 0.0421. The van der Waals surface area contributed by atoms with Crippen LogP contribution < -0.4 is 10.0 Å². The highest BCUT2D eigenvalue weighted by atomic mass is 32.2. The van der Waals surface area contributed by atoms with Crippen LogP contribution in [0.1, 0.15) is 54.7 Å². The average Bonchev–Trinajstić information content (AvgIpc) is 3.89. The number of ether oxygens (including phenoxy) is 1. The van der Waals surface area contributed by atoms with Gasteiger partial charge in [0, 0.05) is 61.6 Å². The van der Waals surface area contributed by atoms with Crippen molar-refractivity contribution in [3.05, 3.63) is 112 Å². The molecule has 13 heteroatoms. The number of aliphatic hydroxyl groups is 1. The number of halogens is 2. The first-order valence-corrected chi connectivity index (χ1v) is 18.2. The summed E-state index contributed by atoms with van der Waals surface area (Å²) in [5.41, 5.74) is 10.7. The Balaban J connectivity index is 1.36. The van der Waals surface area contributed by atoms with Crippen LogP contribution in [-0.4, -0.2) is 64.3 Å². The van der Waals surface area contributed by atoms with Gasteiger partial charge in [-0.25, -0.2) is 21.9 Å². The molecule has 1 heterocycles. The molecule has 0 amide bonds. The molecule has 1 aliphatic heterocycles. The van der Waals surface area contributed by atoms with Gasteiger partial charge in [-0.05, 0) is 97.0 Å². The van der Waals surface area contributed by atoms with Crippen LogP contribution in [-0.2, 0) is 32.4 Å². The number of Topliss-reactive ketones (excluding diaryl/α,β-unsaturated/α-hetero) is 1. The molecule has 0 bridgehead atoms. The number of hydrogen-bond acceptors (Lipinski definition) is 7. The summed E-state index contributed by atoms with van der Waals surface area (Å²) >= 11 is 0. The van der Waals surface area contributed by atoms with Gasteiger partial charge in [-0.3, -0.25) is 4.79 Å². The molecular formula is C36H43F2N5O5S. The van der Waals surface area contributed by atoms with E-state index in [1.54, 1.807) is 36.4 Å². The molecule has 3 aromatic carbocycles. The third-order valence-electron chi connectivity index (χ3n) is 9.76. The molecule has 0 aromatic heterocycles. The second-order valence-corrected chi connectivity index (χ2v) is 14.9. The standard InChI is InChI=1S/C36H43F2N5O5S/c37-28-11-9-25(10-12-28)34(26-15-19-48-20-16-26)35(41-43-39)33(45)21-27-5-4-8-32(38)31(27)14-13-29(22-40-23-36(24-44)17-18-36)42-49(46,47)30-6-2-1-3-7-30/h1-12,26,29,34-35,40,42,44H,13-24H2/t29-,34-,35+/m0/s1. The van der Waals surface area contributed by atoms with Crippen molar-refractivity contribution in [1.29, 1.82) is 0 Å². The minimum Gasteiger partial charge on any atom is -0.396 e. The van der Waals surface area contributed by atoms with E-state index in [-0.39, 0.29) is 54.2 Å². The normalized spacial score (nSPS) is 17.9. The molecule has 0 spiro atoms. The monoisotopic (exact) mass is 695 g/mol. The summed E-state index contributed by atoms with van der Waals surface area (Å²) in [5.74, 6) is -1.93. The number of carbonyl (C=O) groups is 1. The highest BCUT2D eigenvalue weighted by Gasteiger charge is 2.41. The molecule has 10 nitrogen and oxygen atoms in total. The maximum Gasteiger partial charge on any atom is 0.240 e. The highest BCUT2D eigenvalue weighted by Crippen LogP contribution is 2.44. The lowest BCUT2D eigenvalue weighted by atomic mass is 9.75. The molecule has 0 unspecified atom stereocenters. The SMILES string of the molecule is [N-]=[N+]=N[C@H](C(=O)Cc1cccc(F)c1CC[C@@H](CNCC1(CO)CC1)NS(=O)(=O)c1ccccc1)[C@@H](c1ccc(F)cc1)C1CCOCC1. The molecular weight excluding hydrogens is 652 g/mol. The molecule has 1 saturated heterocycles. The number of aliphatic hydroxyl groups excluding tert-OH is 1. The summed E-state index contributed by atoms with van der Waals surface area (Å²) < 4.78 is 64.2. The van der Waals surface area contributed by atoms with E-state index in [4.69, 9.17) is 4.74 Å². The van der Waals surface area contributed by atoms with Crippen LogP contribution in [0.15, 0.2) is 82.8 Å². The predicted molar refractivity (Wildman–Crippen MR) is 181 cm³/mol. The maximum absolute atomic E-state index is 15.5. The maximum atomic E-state index is 15.5. The molecule has 49 heavy (non-hydrogen) atoms.